The number of carbonyl (C=O) groups excluding carboxylic acids is 1. The Kier molecular flexibility index (Phi) is 5.15. The average molecular weight is 287 g/mol. The van der Waals surface area contributed by atoms with E-state index in [4.69, 9.17) is 9.47 Å². The minimum absolute atomic E-state index is 0.316. The molecule has 0 saturated heterocycles. The Bertz CT molecular complexity index is 595. The summed E-state index contributed by atoms with van der Waals surface area (Å²) in [6.45, 7) is 2.86. The van der Waals surface area contributed by atoms with Crippen LogP contribution in [0, 0.1) is 0 Å². The molecule has 0 unspecified atom stereocenters. The van der Waals surface area contributed by atoms with Crippen molar-refractivity contribution in [3.8, 4) is 11.5 Å². The molecule has 0 aliphatic heterocycles. The lowest BCUT2D eigenvalue weighted by atomic mass is 10.2. The molecule has 0 atom stereocenters. The van der Waals surface area contributed by atoms with E-state index in [0.29, 0.717) is 24.5 Å². The van der Waals surface area contributed by atoms with Gasteiger partial charge in [0.2, 0.25) is 0 Å². The number of pyridine rings is 1. The van der Waals surface area contributed by atoms with Gasteiger partial charge in [-0.3, -0.25) is 4.98 Å². The number of hydrogen-bond acceptors (Lipinski definition) is 5. The van der Waals surface area contributed by atoms with E-state index in [0.717, 1.165) is 11.4 Å². The number of rotatable bonds is 6. The van der Waals surface area contributed by atoms with Crippen LogP contribution in [0.1, 0.15) is 23.0 Å². The van der Waals surface area contributed by atoms with Crippen molar-refractivity contribution in [1.29, 1.82) is 0 Å². The molecular weight excluding hydrogens is 270 g/mol. The van der Waals surface area contributed by atoms with Crippen molar-refractivity contribution in [3.63, 3.8) is 0 Å². The molecule has 21 heavy (non-hydrogen) atoms. The van der Waals surface area contributed by atoms with Crippen molar-refractivity contribution < 1.29 is 19.0 Å². The first-order valence-electron chi connectivity index (χ1n) is 6.62. The van der Waals surface area contributed by atoms with Crippen molar-refractivity contribution in [1.82, 2.24) is 4.98 Å². The maximum Gasteiger partial charge on any atom is 0.339 e. The van der Waals surface area contributed by atoms with Crippen molar-refractivity contribution in [2.24, 2.45) is 0 Å². The van der Waals surface area contributed by atoms with E-state index in [1.54, 1.807) is 12.1 Å². The predicted molar refractivity (Wildman–Crippen MR) is 77.5 cm³/mol. The fourth-order valence-corrected chi connectivity index (χ4v) is 1.73. The zero-order valence-corrected chi connectivity index (χ0v) is 12.0. The second-order valence-electron chi connectivity index (χ2n) is 4.23. The summed E-state index contributed by atoms with van der Waals surface area (Å²) in [7, 11) is 1.34. The molecule has 0 fully saturated rings. The number of aromatic nitrogens is 1. The third-order valence-electron chi connectivity index (χ3n) is 2.75. The van der Waals surface area contributed by atoms with Crippen LogP contribution in [-0.4, -0.2) is 24.7 Å². The van der Waals surface area contributed by atoms with Crippen LogP contribution in [0.3, 0.4) is 0 Å². The summed E-state index contributed by atoms with van der Waals surface area (Å²) in [5.74, 6) is 1.07. The number of methoxy groups -OCH3 is 1. The topological polar surface area (TPSA) is 57.7 Å². The fourth-order valence-electron chi connectivity index (χ4n) is 1.73. The third kappa shape index (κ3) is 4.21. The van der Waals surface area contributed by atoms with E-state index in [1.807, 2.05) is 31.2 Å². The molecule has 0 amide bonds. The quantitative estimate of drug-likeness (QED) is 0.765. The van der Waals surface area contributed by atoms with E-state index >= 15 is 0 Å². The molecule has 0 aliphatic rings. The molecule has 110 valence electrons. The van der Waals surface area contributed by atoms with Crippen molar-refractivity contribution >= 4 is 5.97 Å². The first-order valence-corrected chi connectivity index (χ1v) is 6.62. The maximum atomic E-state index is 11.3. The lowest BCUT2D eigenvalue weighted by Gasteiger charge is -2.08. The van der Waals surface area contributed by atoms with Crippen LogP contribution in [0.4, 0.5) is 0 Å². The van der Waals surface area contributed by atoms with Gasteiger partial charge in [0.15, 0.2) is 0 Å². The smallest absolute Gasteiger partial charge is 0.339 e. The molecule has 5 nitrogen and oxygen atoms in total. The maximum absolute atomic E-state index is 11.3. The highest BCUT2D eigenvalue weighted by Gasteiger charge is 2.06. The molecule has 0 spiro atoms. The summed E-state index contributed by atoms with van der Waals surface area (Å²) in [6.07, 6.45) is 1.47. The Hall–Kier alpha value is -2.56. The first-order chi connectivity index (χ1) is 10.2. The normalized spacial score (nSPS) is 10.0. The molecule has 1 aromatic heterocycles. The lowest BCUT2D eigenvalue weighted by Crippen LogP contribution is -2.04. The van der Waals surface area contributed by atoms with Gasteiger partial charge in [-0.05, 0) is 31.2 Å². The number of benzene rings is 1. The molecule has 5 heteroatoms. The standard InChI is InChI=1S/C16H17NO4/c1-3-20-14-5-4-6-15(9-14)21-11-13-8-7-12(10-17-13)16(18)19-2/h4-10H,3,11H2,1-2H3. The minimum atomic E-state index is -0.403. The molecule has 0 radical (unpaired) electrons. The zero-order valence-electron chi connectivity index (χ0n) is 12.0. The van der Waals surface area contributed by atoms with Gasteiger partial charge >= 0.3 is 5.97 Å². The van der Waals surface area contributed by atoms with Crippen LogP contribution < -0.4 is 9.47 Å². The number of nitrogens with zero attached hydrogens (tertiary/aromatic N) is 1. The highest BCUT2D eigenvalue weighted by atomic mass is 16.5. The average Bonchev–Trinajstić information content (AvgIpc) is 2.53. The molecule has 0 N–H and O–H groups in total. The zero-order chi connectivity index (χ0) is 15.1. The van der Waals surface area contributed by atoms with Crippen molar-refractivity contribution in [3.05, 3.63) is 53.9 Å². The van der Waals surface area contributed by atoms with Crippen LogP contribution >= 0.6 is 0 Å². The second-order valence-corrected chi connectivity index (χ2v) is 4.23. The summed E-state index contributed by atoms with van der Waals surface area (Å²) in [5.41, 5.74) is 1.14. The van der Waals surface area contributed by atoms with Crippen molar-refractivity contribution in [2.75, 3.05) is 13.7 Å². The Labute approximate surface area is 123 Å². The molecule has 0 bridgehead atoms. The molecule has 1 heterocycles. The van der Waals surface area contributed by atoms with Gasteiger partial charge in [-0.2, -0.15) is 0 Å². The largest absolute Gasteiger partial charge is 0.494 e. The summed E-state index contributed by atoms with van der Waals surface area (Å²) < 4.78 is 15.7. The summed E-state index contributed by atoms with van der Waals surface area (Å²) in [5, 5.41) is 0. The van der Waals surface area contributed by atoms with Crippen molar-refractivity contribution in [2.45, 2.75) is 13.5 Å². The third-order valence-corrected chi connectivity index (χ3v) is 2.75. The number of carbonyl (C=O) groups is 1. The van der Waals surface area contributed by atoms with Crippen LogP contribution in [-0.2, 0) is 11.3 Å². The highest BCUT2D eigenvalue weighted by molar-refractivity contribution is 5.88. The summed E-state index contributed by atoms with van der Waals surface area (Å²) in [6, 6.07) is 10.8. The van der Waals surface area contributed by atoms with Gasteiger partial charge in [-0.25, -0.2) is 4.79 Å². The second kappa shape index (κ2) is 7.28. The van der Waals surface area contributed by atoms with Gasteiger partial charge in [0.25, 0.3) is 0 Å². The molecular formula is C16H17NO4. The number of ether oxygens (including phenoxy) is 3. The summed E-state index contributed by atoms with van der Waals surface area (Å²) in [4.78, 5) is 15.5. The van der Waals surface area contributed by atoms with Crippen LogP contribution in [0.2, 0.25) is 0 Å². The Morgan fingerprint density at radius 3 is 2.52 bits per heavy atom. The SMILES string of the molecule is CCOc1cccc(OCc2ccc(C(=O)OC)cn2)c1. The Morgan fingerprint density at radius 1 is 1.14 bits per heavy atom. The minimum Gasteiger partial charge on any atom is -0.494 e. The van der Waals surface area contributed by atoms with Gasteiger partial charge in [-0.15, -0.1) is 0 Å². The predicted octanol–water partition coefficient (Wildman–Crippen LogP) is 2.85. The van der Waals surface area contributed by atoms with E-state index in [9.17, 15) is 4.79 Å². The van der Waals surface area contributed by atoms with Crippen LogP contribution in [0.25, 0.3) is 0 Å². The van der Waals surface area contributed by atoms with E-state index < -0.39 is 5.97 Å². The molecule has 0 aliphatic carbocycles. The van der Waals surface area contributed by atoms with E-state index in [2.05, 4.69) is 9.72 Å². The fraction of sp³-hybridized carbons (Fsp3) is 0.250. The molecule has 2 aromatic rings. The van der Waals surface area contributed by atoms with Gasteiger partial charge in [0.05, 0.1) is 25.0 Å². The van der Waals surface area contributed by atoms with E-state index in [-0.39, 0.29) is 0 Å². The number of esters is 1. The Morgan fingerprint density at radius 2 is 1.90 bits per heavy atom. The molecule has 2 rings (SSSR count). The van der Waals surface area contributed by atoms with Crippen LogP contribution in [0.15, 0.2) is 42.6 Å². The monoisotopic (exact) mass is 287 g/mol. The van der Waals surface area contributed by atoms with Gasteiger partial charge in [0, 0.05) is 12.3 Å². The van der Waals surface area contributed by atoms with Gasteiger partial charge in [-0.1, -0.05) is 6.07 Å². The summed E-state index contributed by atoms with van der Waals surface area (Å²) >= 11 is 0. The van der Waals surface area contributed by atoms with E-state index in [1.165, 1.54) is 13.3 Å². The van der Waals surface area contributed by atoms with Crippen LogP contribution in [0.5, 0.6) is 11.5 Å². The van der Waals surface area contributed by atoms with Gasteiger partial charge < -0.3 is 14.2 Å². The van der Waals surface area contributed by atoms with Gasteiger partial charge in [0.1, 0.15) is 18.1 Å². The Balaban J connectivity index is 1.96. The molecule has 1 aromatic carbocycles. The lowest BCUT2D eigenvalue weighted by molar-refractivity contribution is 0.0600. The highest BCUT2D eigenvalue weighted by Crippen LogP contribution is 2.20. The first kappa shape index (κ1) is 14.8. The number of hydrogen-bond donors (Lipinski definition) is 0. The molecule has 0 saturated carbocycles.